The summed E-state index contributed by atoms with van der Waals surface area (Å²) in [5.41, 5.74) is 0.507. The van der Waals surface area contributed by atoms with Crippen molar-refractivity contribution in [1.82, 2.24) is 0 Å². The lowest BCUT2D eigenvalue weighted by molar-refractivity contribution is -0.670. The van der Waals surface area contributed by atoms with Gasteiger partial charge in [-0.3, -0.25) is 5.06 Å². The first-order valence-electron chi connectivity index (χ1n) is 4.30. The Labute approximate surface area is 84.9 Å². The van der Waals surface area contributed by atoms with Gasteiger partial charge in [0, 0.05) is 6.07 Å². The van der Waals surface area contributed by atoms with Crippen molar-refractivity contribution < 1.29 is 13.8 Å². The molecule has 1 N–H and O–H groups in total. The number of aliphatic imine (C=N–C) groups is 1. The fourth-order valence-corrected chi connectivity index (χ4v) is 1.38. The van der Waals surface area contributed by atoms with Crippen LogP contribution in [0.15, 0.2) is 41.9 Å². The topological polar surface area (TPSA) is 39.9 Å². The van der Waals surface area contributed by atoms with Gasteiger partial charge in [0.15, 0.2) is 5.69 Å². The number of rotatable bonds is 2. The lowest BCUT2D eigenvalue weighted by atomic mass is 10.3. The number of halogens is 2. The summed E-state index contributed by atoms with van der Waals surface area (Å²) in [7, 11) is 0. The normalized spacial score (nSPS) is 19.7. The van der Waals surface area contributed by atoms with Crippen LogP contribution in [0.1, 0.15) is 0 Å². The Hall–Kier alpha value is -1.59. The maximum atomic E-state index is 13.2. The van der Waals surface area contributed by atoms with Crippen molar-refractivity contribution >= 4 is 17.2 Å². The second-order valence-corrected chi connectivity index (χ2v) is 3.13. The molecule has 0 bridgehead atoms. The van der Waals surface area contributed by atoms with Crippen molar-refractivity contribution in [2.45, 2.75) is 5.92 Å². The highest BCUT2D eigenvalue weighted by Gasteiger charge is 2.42. The van der Waals surface area contributed by atoms with Crippen LogP contribution in [0.2, 0.25) is 0 Å². The average molecular weight is 210 g/mol. The van der Waals surface area contributed by atoms with Gasteiger partial charge in [-0.25, -0.2) is 0 Å². The van der Waals surface area contributed by atoms with E-state index in [1.807, 2.05) is 0 Å². The van der Waals surface area contributed by atoms with Crippen LogP contribution in [0.5, 0.6) is 0 Å². The molecular weight excluding hydrogens is 202 g/mol. The van der Waals surface area contributed by atoms with Crippen LogP contribution in [0, 0.1) is 5.21 Å². The van der Waals surface area contributed by atoms with Gasteiger partial charge in [0.05, 0.1) is 0 Å². The molecular formula is C10H8F2N2O. The number of hydroxylamine groups is 1. The molecule has 0 aromatic heterocycles. The van der Waals surface area contributed by atoms with Crippen molar-refractivity contribution in [3.8, 4) is 0 Å². The number of amidine groups is 1. The fourth-order valence-electron chi connectivity index (χ4n) is 1.38. The molecule has 0 fully saturated rings. The van der Waals surface area contributed by atoms with Crippen molar-refractivity contribution in [2.24, 2.45) is 4.99 Å². The van der Waals surface area contributed by atoms with E-state index >= 15 is 0 Å². The van der Waals surface area contributed by atoms with E-state index in [0.29, 0.717) is 11.8 Å². The lowest BCUT2D eigenvalue weighted by Gasteiger charge is -2.21. The molecule has 3 nitrogen and oxygen atoms in total. The van der Waals surface area contributed by atoms with Gasteiger partial charge in [-0.2, -0.15) is 13.8 Å². The monoisotopic (exact) mass is 210 g/mol. The highest BCUT2D eigenvalue weighted by atomic mass is 19.3. The van der Waals surface area contributed by atoms with Crippen LogP contribution < -0.4 is 5.06 Å². The summed E-state index contributed by atoms with van der Waals surface area (Å²) in [6, 6.07) is 6.26. The Balaban J connectivity index is 2.47. The molecule has 0 radical (unpaired) electrons. The van der Waals surface area contributed by atoms with Crippen LogP contribution in [-0.4, -0.2) is 11.8 Å². The number of hydrogen-bond acceptors (Lipinski definition) is 2. The number of nitrogens with zero attached hydrogens (tertiary/aromatic N) is 1. The van der Waals surface area contributed by atoms with Gasteiger partial charge in [0.2, 0.25) is 0 Å². The molecule has 0 saturated heterocycles. The zero-order valence-corrected chi connectivity index (χ0v) is 7.71. The minimum atomic E-state index is -3.36. The van der Waals surface area contributed by atoms with E-state index in [-0.39, 0.29) is 5.69 Å². The Morgan fingerprint density at radius 1 is 1.40 bits per heavy atom. The summed E-state index contributed by atoms with van der Waals surface area (Å²) in [6.07, 6.45) is 0.426. The van der Waals surface area contributed by atoms with E-state index in [2.05, 4.69) is 11.6 Å². The summed E-state index contributed by atoms with van der Waals surface area (Å²) >= 11 is 0. The highest BCUT2D eigenvalue weighted by Crippen LogP contribution is 2.28. The van der Waals surface area contributed by atoms with Crippen molar-refractivity contribution in [1.29, 1.82) is 0 Å². The maximum absolute atomic E-state index is 13.2. The zero-order valence-electron chi connectivity index (χ0n) is 7.71. The van der Waals surface area contributed by atoms with Crippen molar-refractivity contribution in [3.63, 3.8) is 0 Å². The van der Waals surface area contributed by atoms with E-state index < -0.39 is 16.8 Å². The summed E-state index contributed by atoms with van der Waals surface area (Å²) in [6.45, 7) is 2.99. The Morgan fingerprint density at radius 2 is 2.07 bits per heavy atom. The maximum Gasteiger partial charge on any atom is 0.357 e. The molecule has 0 spiro atoms. The predicted molar refractivity (Wildman–Crippen MR) is 52.7 cm³/mol. The summed E-state index contributed by atoms with van der Waals surface area (Å²) in [5.74, 6) is -4.12. The molecule has 1 unspecified atom stereocenters. The largest absolute Gasteiger partial charge is 0.622 e. The van der Waals surface area contributed by atoms with Gasteiger partial charge < -0.3 is 5.21 Å². The van der Waals surface area contributed by atoms with Gasteiger partial charge in [-0.05, 0) is 12.1 Å². The molecule has 1 atom stereocenters. The first-order valence-corrected chi connectivity index (χ1v) is 4.30. The number of benzene rings is 1. The minimum absolute atomic E-state index is 0.217. The van der Waals surface area contributed by atoms with Crippen LogP contribution in [0.4, 0.5) is 20.2 Å². The van der Waals surface area contributed by atoms with E-state index in [1.54, 1.807) is 12.1 Å². The van der Waals surface area contributed by atoms with Gasteiger partial charge in [-0.1, -0.05) is 18.7 Å². The second-order valence-electron chi connectivity index (χ2n) is 3.13. The standard InChI is InChI=1S/C10H8F2N2O/c1-2-10(11,12)9-13-7-5-3-4-6-8(7)14(9)15/h2-6,14H,1H2. The van der Waals surface area contributed by atoms with E-state index in [4.69, 9.17) is 0 Å². The third kappa shape index (κ3) is 1.45. The van der Waals surface area contributed by atoms with Crippen molar-refractivity contribution in [2.75, 3.05) is 0 Å². The third-order valence-corrected chi connectivity index (χ3v) is 2.17. The number of hydrogen-bond donors (Lipinski definition) is 1. The average Bonchev–Trinajstić information content (AvgIpc) is 2.58. The molecule has 1 aromatic rings. The Bertz CT molecular complexity index is 443. The summed E-state index contributed by atoms with van der Waals surface area (Å²) in [5, 5.41) is 10.8. The molecule has 1 aromatic carbocycles. The first-order chi connectivity index (χ1) is 7.06. The van der Waals surface area contributed by atoms with Crippen molar-refractivity contribution in [3.05, 3.63) is 42.1 Å². The molecule has 5 heteroatoms. The molecule has 15 heavy (non-hydrogen) atoms. The van der Waals surface area contributed by atoms with Gasteiger partial charge in [0.1, 0.15) is 5.69 Å². The first kappa shape index (κ1) is 9.95. The third-order valence-electron chi connectivity index (χ3n) is 2.17. The van der Waals surface area contributed by atoms with Crippen LogP contribution in [0.25, 0.3) is 0 Å². The van der Waals surface area contributed by atoms with Crippen LogP contribution in [0.3, 0.4) is 0 Å². The quantitative estimate of drug-likeness (QED) is 0.584. The van der Waals surface area contributed by atoms with Gasteiger partial charge in [0.25, 0.3) is 5.84 Å². The van der Waals surface area contributed by atoms with E-state index in [1.165, 1.54) is 12.1 Å². The molecule has 1 aliphatic heterocycles. The van der Waals surface area contributed by atoms with Crippen LogP contribution in [-0.2, 0) is 0 Å². The number of para-hydroxylation sites is 2. The zero-order chi connectivity index (χ0) is 11.1. The highest BCUT2D eigenvalue weighted by molar-refractivity contribution is 5.92. The second kappa shape index (κ2) is 3.22. The van der Waals surface area contributed by atoms with E-state index in [9.17, 15) is 14.0 Å². The molecule has 0 aliphatic carbocycles. The Morgan fingerprint density at radius 3 is 2.67 bits per heavy atom. The molecule has 1 aliphatic rings. The van der Waals surface area contributed by atoms with Gasteiger partial charge >= 0.3 is 5.92 Å². The fraction of sp³-hybridized carbons (Fsp3) is 0.100. The summed E-state index contributed by atoms with van der Waals surface area (Å²) in [4.78, 5) is 3.62. The molecule has 1 heterocycles. The Kier molecular flexibility index (Phi) is 2.13. The number of alkyl halides is 2. The molecule has 0 saturated carbocycles. The molecule has 78 valence electrons. The molecule has 0 amide bonds. The predicted octanol–water partition coefficient (Wildman–Crippen LogP) is 1.57. The minimum Gasteiger partial charge on any atom is -0.622 e. The lowest BCUT2D eigenvalue weighted by Crippen LogP contribution is -3.06. The van der Waals surface area contributed by atoms with Crippen LogP contribution >= 0.6 is 0 Å². The SMILES string of the molecule is C=CC(F)(F)C1=Nc2ccccc2[NH+]1[O-]. The number of quaternary nitrogens is 1. The van der Waals surface area contributed by atoms with E-state index in [0.717, 1.165) is 0 Å². The molecule has 2 rings (SSSR count). The summed E-state index contributed by atoms with van der Waals surface area (Å²) < 4.78 is 26.4. The van der Waals surface area contributed by atoms with Gasteiger partial charge in [-0.15, -0.1) is 0 Å². The number of fused-ring (bicyclic) bond motifs is 1. The number of nitrogens with one attached hydrogen (secondary N) is 1. The smallest absolute Gasteiger partial charge is 0.357 e.